The number of ether oxygens (including phenoxy) is 3. The van der Waals surface area contributed by atoms with Crippen LogP contribution in [0.15, 0.2) is 60.7 Å². The molecule has 20 heteroatoms. The molecule has 346 valence electrons. The van der Waals surface area contributed by atoms with Crippen LogP contribution in [0.4, 0.5) is 23.7 Å². The van der Waals surface area contributed by atoms with Crippen molar-refractivity contribution in [3.63, 3.8) is 0 Å². The number of hydrogen-bond donors (Lipinski definition) is 3. The number of rotatable bonds is 9. The third-order valence-corrected chi connectivity index (χ3v) is 13.4. The van der Waals surface area contributed by atoms with Gasteiger partial charge in [0.15, 0.2) is 0 Å². The maximum atomic E-state index is 14.8. The first-order valence-corrected chi connectivity index (χ1v) is 22.7. The zero-order chi connectivity index (χ0) is 46.4. The number of anilines is 1. The molecule has 3 aromatic rings. The third-order valence-electron chi connectivity index (χ3n) is 11.5. The number of alkyl carbamates (subject to hydrolysis) is 1. The molecule has 3 N–H and O–H groups in total. The van der Waals surface area contributed by atoms with Crippen molar-refractivity contribution in [2.75, 3.05) is 45.7 Å². The van der Waals surface area contributed by atoms with Gasteiger partial charge in [0, 0.05) is 49.6 Å². The van der Waals surface area contributed by atoms with Gasteiger partial charge < -0.3 is 39.5 Å². The van der Waals surface area contributed by atoms with Crippen LogP contribution in [0.5, 0.6) is 11.6 Å². The number of alkyl halides is 3. The van der Waals surface area contributed by atoms with Gasteiger partial charge in [-0.3, -0.25) is 19.1 Å². The van der Waals surface area contributed by atoms with Crippen LogP contribution in [-0.4, -0.2) is 129 Å². The number of fused-ring (bicyclic) bond motifs is 3. The van der Waals surface area contributed by atoms with Gasteiger partial charge in [-0.1, -0.05) is 12.2 Å². The monoisotopic (exact) mass is 913 g/mol. The zero-order valence-corrected chi connectivity index (χ0v) is 37.3. The van der Waals surface area contributed by atoms with E-state index in [9.17, 15) is 40.8 Å². The maximum absolute atomic E-state index is 14.8. The van der Waals surface area contributed by atoms with Crippen molar-refractivity contribution in [2.24, 2.45) is 5.92 Å². The first-order chi connectivity index (χ1) is 30.0. The number of sulfonamides is 1. The number of benzene rings is 2. The molecule has 5 atom stereocenters. The molecule has 7 rings (SSSR count). The van der Waals surface area contributed by atoms with Gasteiger partial charge in [-0.2, -0.15) is 0 Å². The Morgan fingerprint density at radius 2 is 1.73 bits per heavy atom. The standard InChI is InChI=1S/C44H54F3N7O9S/c1-42(2,3)63-41(58)49-35-25-53(6)19-9-7-8-10-28-23-43(28,40(57)51-64(59,60)32-16-17-32)50-37(55)36-22-31(24-54(36)39(35)56)61-38-33-18-13-29(52(4)5)20-27(33)21-34(48-38)26-11-14-30(15-12-26)62-44(45,46)47/h8,10-15,18,20-21,28,31-32,35-36H,7,9,16-17,19,22-25H2,1-6H3,(H,49,58)(H,50,55)(H,51,57)/t28-,31?,35+,36+,43-/m1/s1. The van der Waals surface area contributed by atoms with E-state index < -0.39 is 86.4 Å². The summed E-state index contributed by atoms with van der Waals surface area (Å²) in [7, 11) is 1.56. The highest BCUT2D eigenvalue weighted by molar-refractivity contribution is 7.91. The lowest BCUT2D eigenvalue weighted by Gasteiger charge is -2.32. The van der Waals surface area contributed by atoms with Crippen LogP contribution in [0.25, 0.3) is 22.0 Å². The minimum absolute atomic E-state index is 0.0569. The lowest BCUT2D eigenvalue weighted by atomic mass is 10.1. The van der Waals surface area contributed by atoms with Gasteiger partial charge in [0.2, 0.25) is 27.7 Å². The van der Waals surface area contributed by atoms with Crippen LogP contribution in [0.1, 0.15) is 59.3 Å². The zero-order valence-electron chi connectivity index (χ0n) is 36.5. The largest absolute Gasteiger partial charge is 0.573 e. The number of allylic oxidation sites excluding steroid dienone is 1. The van der Waals surface area contributed by atoms with E-state index in [-0.39, 0.29) is 31.8 Å². The highest BCUT2D eigenvalue weighted by Gasteiger charge is 2.62. The van der Waals surface area contributed by atoms with Crippen molar-refractivity contribution >= 4 is 50.3 Å². The van der Waals surface area contributed by atoms with Crippen LogP contribution in [0.2, 0.25) is 0 Å². The molecule has 2 aliphatic carbocycles. The summed E-state index contributed by atoms with van der Waals surface area (Å²) in [5.74, 6) is -3.02. The Kier molecular flexibility index (Phi) is 12.9. The van der Waals surface area contributed by atoms with E-state index in [0.717, 1.165) is 5.69 Å². The highest BCUT2D eigenvalue weighted by atomic mass is 32.2. The first kappa shape index (κ1) is 46.4. The van der Waals surface area contributed by atoms with E-state index in [1.54, 1.807) is 40.0 Å². The molecular formula is C44H54F3N7O9S. The number of nitrogens with zero attached hydrogens (tertiary/aromatic N) is 4. The summed E-state index contributed by atoms with van der Waals surface area (Å²) in [5.41, 5.74) is -0.857. The Bertz CT molecular complexity index is 2420. The highest BCUT2D eigenvalue weighted by Crippen LogP contribution is 2.46. The Morgan fingerprint density at radius 3 is 2.39 bits per heavy atom. The fourth-order valence-electron chi connectivity index (χ4n) is 8.03. The summed E-state index contributed by atoms with van der Waals surface area (Å²) in [5, 5.41) is 6.11. The molecule has 1 aromatic heterocycles. The number of nitrogens with one attached hydrogen (secondary N) is 3. The molecule has 16 nitrogen and oxygen atoms in total. The van der Waals surface area contributed by atoms with Crippen LogP contribution < -0.4 is 29.7 Å². The minimum atomic E-state index is -4.88. The summed E-state index contributed by atoms with van der Waals surface area (Å²) < 4.78 is 83.2. The van der Waals surface area contributed by atoms with Gasteiger partial charge in [-0.05, 0) is 120 Å². The molecule has 3 fully saturated rings. The smallest absolute Gasteiger partial charge is 0.472 e. The van der Waals surface area contributed by atoms with Crippen molar-refractivity contribution in [3.8, 4) is 22.9 Å². The quantitative estimate of drug-likeness (QED) is 0.248. The molecule has 2 saturated carbocycles. The van der Waals surface area contributed by atoms with E-state index in [1.165, 1.54) is 29.2 Å². The van der Waals surface area contributed by atoms with Gasteiger partial charge in [0.05, 0.1) is 17.5 Å². The fraction of sp³-hybridized carbons (Fsp3) is 0.523. The Morgan fingerprint density at radius 1 is 1.02 bits per heavy atom. The second-order valence-corrected chi connectivity index (χ2v) is 20.1. The second-order valence-electron chi connectivity index (χ2n) is 18.1. The molecule has 3 heterocycles. The predicted octanol–water partition coefficient (Wildman–Crippen LogP) is 4.87. The number of hydrogen-bond acceptors (Lipinski definition) is 12. The predicted molar refractivity (Wildman–Crippen MR) is 231 cm³/mol. The molecule has 4 aliphatic rings. The van der Waals surface area contributed by atoms with Gasteiger partial charge >= 0.3 is 12.5 Å². The summed E-state index contributed by atoms with van der Waals surface area (Å²) in [6.07, 6.45) is -0.799. The minimum Gasteiger partial charge on any atom is -0.472 e. The van der Waals surface area contributed by atoms with Gasteiger partial charge in [-0.25, -0.2) is 18.2 Å². The van der Waals surface area contributed by atoms with Crippen molar-refractivity contribution in [2.45, 2.75) is 100 Å². The van der Waals surface area contributed by atoms with Crippen LogP contribution in [0, 0.1) is 5.92 Å². The number of aromatic nitrogens is 1. The maximum Gasteiger partial charge on any atom is 0.573 e. The van der Waals surface area contributed by atoms with Crippen molar-refractivity contribution in [1.29, 1.82) is 0 Å². The molecule has 0 spiro atoms. The Balaban J connectivity index is 1.25. The molecule has 1 unspecified atom stereocenters. The van der Waals surface area contributed by atoms with E-state index in [2.05, 4.69) is 20.1 Å². The molecular weight excluding hydrogens is 860 g/mol. The molecule has 4 amide bonds. The van der Waals surface area contributed by atoms with Crippen molar-refractivity contribution < 1.29 is 55.0 Å². The molecule has 64 heavy (non-hydrogen) atoms. The van der Waals surface area contributed by atoms with Crippen LogP contribution in [-0.2, 0) is 29.1 Å². The molecule has 0 radical (unpaired) electrons. The lowest BCUT2D eigenvalue weighted by Crippen LogP contribution is -2.59. The average molecular weight is 914 g/mol. The third kappa shape index (κ3) is 11.0. The van der Waals surface area contributed by atoms with Gasteiger partial charge in [-0.15, -0.1) is 13.2 Å². The number of carbonyl (C=O) groups excluding carboxylic acids is 4. The van der Waals surface area contributed by atoms with Crippen molar-refractivity contribution in [1.82, 2.24) is 30.1 Å². The van der Waals surface area contributed by atoms with Crippen LogP contribution in [0.3, 0.4) is 0 Å². The molecule has 0 bridgehead atoms. The summed E-state index contributed by atoms with van der Waals surface area (Å²) in [6, 6.07) is 10.1. The Hall–Kier alpha value is -5.63. The summed E-state index contributed by atoms with van der Waals surface area (Å²) in [4.78, 5) is 66.4. The van der Waals surface area contributed by atoms with E-state index in [4.69, 9.17) is 14.5 Å². The summed E-state index contributed by atoms with van der Waals surface area (Å²) >= 11 is 0. The number of pyridine rings is 1. The van der Waals surface area contributed by atoms with E-state index in [1.807, 2.05) is 48.2 Å². The van der Waals surface area contributed by atoms with Crippen molar-refractivity contribution in [3.05, 3.63) is 60.7 Å². The molecule has 2 aromatic carbocycles. The van der Waals surface area contributed by atoms with Gasteiger partial charge in [0.1, 0.15) is 35.1 Å². The molecule has 2 aliphatic heterocycles. The number of amides is 4. The number of carbonyl (C=O) groups is 4. The normalized spacial score (nSPS) is 24.7. The molecule has 1 saturated heterocycles. The average Bonchev–Trinajstić information content (AvgIpc) is 4.12. The number of halogens is 3. The van der Waals surface area contributed by atoms with Crippen LogP contribution >= 0.6 is 0 Å². The fourth-order valence-corrected chi connectivity index (χ4v) is 9.40. The van der Waals surface area contributed by atoms with E-state index in [0.29, 0.717) is 54.3 Å². The lowest BCUT2D eigenvalue weighted by molar-refractivity contribution is -0.274. The summed E-state index contributed by atoms with van der Waals surface area (Å²) in [6.45, 7) is 5.47. The topological polar surface area (TPSA) is 189 Å². The number of likely N-dealkylation sites (N-methyl/N-ethyl adjacent to an activating group) is 1. The SMILES string of the molecule is CN1CCCC=C[C@@H]2C[C@@]2(C(=O)NS(=O)(=O)C2CC2)NC(=O)[C@@H]2CC(Oc3nc(-c4ccc(OC(F)(F)F)cc4)cc4cc(N(C)C)ccc34)CN2C(=O)[C@@H](NC(=O)OC(C)(C)C)C1. The Labute approximate surface area is 369 Å². The van der Waals surface area contributed by atoms with E-state index >= 15 is 0 Å². The second kappa shape index (κ2) is 17.7. The van der Waals surface area contributed by atoms with Gasteiger partial charge in [0.25, 0.3) is 5.91 Å². The first-order valence-electron chi connectivity index (χ1n) is 21.2.